The van der Waals surface area contributed by atoms with Crippen molar-refractivity contribution < 1.29 is 5.11 Å². The van der Waals surface area contributed by atoms with E-state index in [-0.39, 0.29) is 6.10 Å². The summed E-state index contributed by atoms with van der Waals surface area (Å²) in [7, 11) is 0. The van der Waals surface area contributed by atoms with Crippen LogP contribution in [0.4, 0.5) is 0 Å². The number of rotatable bonds is 2. The lowest BCUT2D eigenvalue weighted by Crippen LogP contribution is -2.48. The fraction of sp³-hybridized carbons (Fsp3) is 1.00. The lowest BCUT2D eigenvalue weighted by Gasteiger charge is -2.35. The molecule has 2 atom stereocenters. The van der Waals surface area contributed by atoms with E-state index in [0.29, 0.717) is 6.04 Å². The van der Waals surface area contributed by atoms with E-state index in [1.165, 1.54) is 32.1 Å². The minimum atomic E-state index is -0.0165. The molecule has 0 aromatic rings. The lowest BCUT2D eigenvalue weighted by atomic mass is 9.88. The van der Waals surface area contributed by atoms with Crippen LogP contribution in [-0.2, 0) is 0 Å². The normalized spacial score (nSPS) is 44.1. The van der Waals surface area contributed by atoms with Gasteiger partial charge in [-0.3, -0.25) is 0 Å². The SMILES string of the molecule is CC1CCCC(NC2CC(O)C2)CC1. The van der Waals surface area contributed by atoms with Crippen molar-refractivity contribution in [2.24, 2.45) is 5.92 Å². The second kappa shape index (κ2) is 4.63. The van der Waals surface area contributed by atoms with Gasteiger partial charge in [-0.25, -0.2) is 0 Å². The van der Waals surface area contributed by atoms with Crippen molar-refractivity contribution in [2.45, 2.75) is 70.1 Å². The molecule has 2 aliphatic rings. The Balaban J connectivity index is 1.69. The van der Waals surface area contributed by atoms with Gasteiger partial charge in [0, 0.05) is 12.1 Å². The van der Waals surface area contributed by atoms with Gasteiger partial charge in [-0.1, -0.05) is 19.8 Å². The Labute approximate surface area is 87.1 Å². The van der Waals surface area contributed by atoms with Crippen molar-refractivity contribution in [1.29, 1.82) is 0 Å². The topological polar surface area (TPSA) is 32.3 Å². The molecule has 0 spiro atoms. The second-order valence-electron chi connectivity index (χ2n) is 5.30. The molecule has 2 fully saturated rings. The first-order valence-corrected chi connectivity index (χ1v) is 6.18. The molecule has 82 valence electrons. The zero-order valence-corrected chi connectivity index (χ0v) is 9.21. The van der Waals surface area contributed by atoms with Crippen LogP contribution in [0.1, 0.15) is 51.9 Å². The van der Waals surface area contributed by atoms with E-state index < -0.39 is 0 Å². The van der Waals surface area contributed by atoms with Crippen LogP contribution in [0.2, 0.25) is 0 Å². The molecule has 2 rings (SSSR count). The third-order valence-electron chi connectivity index (χ3n) is 3.84. The molecule has 2 N–H and O–H groups in total. The van der Waals surface area contributed by atoms with Gasteiger partial charge in [0.1, 0.15) is 0 Å². The smallest absolute Gasteiger partial charge is 0.0570 e. The van der Waals surface area contributed by atoms with Crippen LogP contribution in [0.5, 0.6) is 0 Å². The maximum absolute atomic E-state index is 9.21. The predicted molar refractivity (Wildman–Crippen MR) is 58.2 cm³/mol. The summed E-state index contributed by atoms with van der Waals surface area (Å²) in [5.41, 5.74) is 0. The lowest BCUT2D eigenvalue weighted by molar-refractivity contribution is 0.0567. The molecule has 2 nitrogen and oxygen atoms in total. The summed E-state index contributed by atoms with van der Waals surface area (Å²) in [5.74, 6) is 0.925. The van der Waals surface area contributed by atoms with E-state index in [4.69, 9.17) is 0 Å². The molecule has 2 heteroatoms. The Kier molecular flexibility index (Phi) is 3.45. The van der Waals surface area contributed by atoms with Gasteiger partial charge in [0.2, 0.25) is 0 Å². The minimum Gasteiger partial charge on any atom is -0.393 e. The number of nitrogens with one attached hydrogen (secondary N) is 1. The largest absolute Gasteiger partial charge is 0.393 e. The molecule has 14 heavy (non-hydrogen) atoms. The first-order valence-electron chi connectivity index (χ1n) is 6.18. The molecule has 0 saturated heterocycles. The summed E-state index contributed by atoms with van der Waals surface area (Å²) in [6, 6.07) is 1.35. The molecule has 0 amide bonds. The monoisotopic (exact) mass is 197 g/mol. The molecule has 0 aromatic heterocycles. The Morgan fingerprint density at radius 2 is 1.79 bits per heavy atom. The Morgan fingerprint density at radius 1 is 1.00 bits per heavy atom. The summed E-state index contributed by atoms with van der Waals surface area (Å²) in [4.78, 5) is 0. The van der Waals surface area contributed by atoms with Crippen LogP contribution < -0.4 is 5.32 Å². The highest BCUT2D eigenvalue weighted by molar-refractivity contribution is 4.87. The molecule has 2 aliphatic carbocycles. The second-order valence-corrected chi connectivity index (χ2v) is 5.30. The third-order valence-corrected chi connectivity index (χ3v) is 3.84. The molecule has 0 bridgehead atoms. The maximum atomic E-state index is 9.21. The van der Waals surface area contributed by atoms with Gasteiger partial charge in [-0.2, -0.15) is 0 Å². The summed E-state index contributed by atoms with van der Waals surface area (Å²) in [6.45, 7) is 2.37. The molecular formula is C12H23NO. The fourth-order valence-electron chi connectivity index (χ4n) is 2.71. The van der Waals surface area contributed by atoms with E-state index in [9.17, 15) is 5.11 Å². The van der Waals surface area contributed by atoms with Crippen molar-refractivity contribution in [2.75, 3.05) is 0 Å². The highest BCUT2D eigenvalue weighted by Crippen LogP contribution is 2.26. The van der Waals surface area contributed by atoms with Crippen molar-refractivity contribution in [1.82, 2.24) is 5.32 Å². The van der Waals surface area contributed by atoms with Crippen molar-refractivity contribution in [3.05, 3.63) is 0 Å². The quantitative estimate of drug-likeness (QED) is 0.664. The molecule has 0 aliphatic heterocycles. The first kappa shape index (κ1) is 10.4. The van der Waals surface area contributed by atoms with Gasteiger partial charge in [0.25, 0.3) is 0 Å². The number of aliphatic hydroxyl groups is 1. The summed E-state index contributed by atoms with van der Waals surface area (Å²) in [5, 5.41) is 12.9. The van der Waals surface area contributed by atoms with Crippen molar-refractivity contribution >= 4 is 0 Å². The van der Waals surface area contributed by atoms with Crippen LogP contribution in [0.3, 0.4) is 0 Å². The van der Waals surface area contributed by atoms with E-state index in [1.54, 1.807) is 0 Å². The Hall–Kier alpha value is -0.0800. The van der Waals surface area contributed by atoms with Gasteiger partial charge in [0.05, 0.1) is 6.10 Å². The number of hydrogen-bond acceptors (Lipinski definition) is 2. The van der Waals surface area contributed by atoms with Crippen LogP contribution in [0.15, 0.2) is 0 Å². The standard InChI is InChI=1S/C12H23NO/c1-9-3-2-4-10(6-5-9)13-11-7-12(14)8-11/h9-14H,2-8H2,1H3. The molecule has 0 radical (unpaired) electrons. The van der Waals surface area contributed by atoms with Crippen LogP contribution in [0.25, 0.3) is 0 Å². The van der Waals surface area contributed by atoms with E-state index in [1.807, 2.05) is 0 Å². The van der Waals surface area contributed by atoms with Gasteiger partial charge in [0.15, 0.2) is 0 Å². The average molecular weight is 197 g/mol. The zero-order valence-electron chi connectivity index (χ0n) is 9.21. The van der Waals surface area contributed by atoms with Crippen LogP contribution in [-0.4, -0.2) is 23.3 Å². The molecular weight excluding hydrogens is 174 g/mol. The van der Waals surface area contributed by atoms with Gasteiger partial charge in [-0.05, 0) is 38.0 Å². The van der Waals surface area contributed by atoms with E-state index >= 15 is 0 Å². The van der Waals surface area contributed by atoms with E-state index in [0.717, 1.165) is 24.8 Å². The van der Waals surface area contributed by atoms with Crippen LogP contribution >= 0.6 is 0 Å². The number of hydrogen-bond donors (Lipinski definition) is 2. The minimum absolute atomic E-state index is 0.0165. The summed E-state index contributed by atoms with van der Waals surface area (Å²) >= 11 is 0. The predicted octanol–water partition coefficient (Wildman–Crippen LogP) is 2.07. The van der Waals surface area contributed by atoms with Gasteiger partial charge in [-0.15, -0.1) is 0 Å². The molecule has 2 unspecified atom stereocenters. The van der Waals surface area contributed by atoms with Crippen molar-refractivity contribution in [3.63, 3.8) is 0 Å². The van der Waals surface area contributed by atoms with E-state index in [2.05, 4.69) is 12.2 Å². The summed E-state index contributed by atoms with van der Waals surface area (Å²) < 4.78 is 0. The van der Waals surface area contributed by atoms with Gasteiger partial charge < -0.3 is 10.4 Å². The summed E-state index contributed by atoms with van der Waals surface area (Å²) in [6.07, 6.45) is 8.80. The average Bonchev–Trinajstić information content (AvgIpc) is 2.29. The number of aliphatic hydroxyl groups excluding tert-OH is 1. The Morgan fingerprint density at radius 3 is 2.50 bits per heavy atom. The van der Waals surface area contributed by atoms with Crippen LogP contribution in [0, 0.1) is 5.92 Å². The molecule has 0 heterocycles. The molecule has 0 aromatic carbocycles. The van der Waals surface area contributed by atoms with Gasteiger partial charge >= 0.3 is 0 Å². The Bertz CT molecular complexity index is 177. The maximum Gasteiger partial charge on any atom is 0.0570 e. The molecule has 2 saturated carbocycles. The van der Waals surface area contributed by atoms with Crippen molar-refractivity contribution in [3.8, 4) is 0 Å². The fourth-order valence-corrected chi connectivity index (χ4v) is 2.71. The zero-order chi connectivity index (χ0) is 9.97. The highest BCUT2D eigenvalue weighted by Gasteiger charge is 2.29. The third kappa shape index (κ3) is 2.71. The first-order chi connectivity index (χ1) is 6.74. The highest BCUT2D eigenvalue weighted by atomic mass is 16.3.